The van der Waals surface area contributed by atoms with Crippen molar-refractivity contribution in [3.05, 3.63) is 0 Å². The van der Waals surface area contributed by atoms with E-state index >= 15 is 0 Å². The lowest BCUT2D eigenvalue weighted by molar-refractivity contribution is 0.0567. The first-order valence-electron chi connectivity index (χ1n) is 5.64. The first-order valence-corrected chi connectivity index (χ1v) is 5.64. The van der Waals surface area contributed by atoms with Crippen LogP contribution in [0.15, 0.2) is 0 Å². The molecule has 0 aromatic carbocycles. The van der Waals surface area contributed by atoms with Gasteiger partial charge >= 0.3 is 0 Å². The highest BCUT2D eigenvalue weighted by Crippen LogP contribution is 2.20. The Morgan fingerprint density at radius 2 is 2.00 bits per heavy atom. The highest BCUT2D eigenvalue weighted by molar-refractivity contribution is 4.66. The summed E-state index contributed by atoms with van der Waals surface area (Å²) >= 11 is 0. The monoisotopic (exact) mass is 185 g/mol. The first-order chi connectivity index (χ1) is 6.29. The summed E-state index contributed by atoms with van der Waals surface area (Å²) in [5.41, 5.74) is 0. The molecule has 0 spiro atoms. The fraction of sp³-hybridized carbons (Fsp3) is 1.00. The van der Waals surface area contributed by atoms with Crippen LogP contribution in [0.3, 0.4) is 0 Å². The molecule has 2 heteroatoms. The zero-order valence-corrected chi connectivity index (χ0v) is 9.01. The van der Waals surface area contributed by atoms with Gasteiger partial charge in [-0.1, -0.05) is 26.7 Å². The quantitative estimate of drug-likeness (QED) is 0.641. The normalized spacial score (nSPS) is 18.7. The standard InChI is InChI=1S/C11H23NO/c1-10(2)12-8-5-9-13-11-6-3-4-7-11/h10-12H,3-9H2,1-2H3. The lowest BCUT2D eigenvalue weighted by Crippen LogP contribution is -2.25. The van der Waals surface area contributed by atoms with Gasteiger partial charge in [-0.15, -0.1) is 0 Å². The summed E-state index contributed by atoms with van der Waals surface area (Å²) in [4.78, 5) is 0. The van der Waals surface area contributed by atoms with Crippen molar-refractivity contribution in [3.8, 4) is 0 Å². The summed E-state index contributed by atoms with van der Waals surface area (Å²) in [6.45, 7) is 6.38. The second kappa shape index (κ2) is 6.39. The minimum Gasteiger partial charge on any atom is -0.378 e. The fourth-order valence-electron chi connectivity index (χ4n) is 1.77. The predicted octanol–water partition coefficient (Wildman–Crippen LogP) is 2.33. The van der Waals surface area contributed by atoms with Gasteiger partial charge in [0.2, 0.25) is 0 Å². The van der Waals surface area contributed by atoms with Crippen molar-refractivity contribution >= 4 is 0 Å². The van der Waals surface area contributed by atoms with Crippen LogP contribution in [0.5, 0.6) is 0 Å². The van der Waals surface area contributed by atoms with Gasteiger partial charge in [-0.25, -0.2) is 0 Å². The lowest BCUT2D eigenvalue weighted by atomic mass is 10.3. The van der Waals surface area contributed by atoms with E-state index in [9.17, 15) is 0 Å². The minimum absolute atomic E-state index is 0.582. The van der Waals surface area contributed by atoms with Crippen LogP contribution in [-0.4, -0.2) is 25.3 Å². The molecule has 0 aromatic heterocycles. The van der Waals surface area contributed by atoms with Crippen molar-refractivity contribution in [2.75, 3.05) is 13.2 Å². The summed E-state index contributed by atoms with van der Waals surface area (Å²) in [6, 6.07) is 0.603. The molecular formula is C11H23NO. The Kier molecular flexibility index (Phi) is 5.40. The highest BCUT2D eigenvalue weighted by atomic mass is 16.5. The van der Waals surface area contributed by atoms with Crippen molar-refractivity contribution in [1.29, 1.82) is 0 Å². The van der Waals surface area contributed by atoms with Crippen molar-refractivity contribution in [3.63, 3.8) is 0 Å². The third kappa shape index (κ3) is 5.27. The molecule has 0 heterocycles. The van der Waals surface area contributed by atoms with E-state index in [-0.39, 0.29) is 0 Å². The molecule has 0 unspecified atom stereocenters. The number of nitrogens with one attached hydrogen (secondary N) is 1. The van der Waals surface area contributed by atoms with Crippen molar-refractivity contribution in [1.82, 2.24) is 5.32 Å². The maximum atomic E-state index is 5.74. The van der Waals surface area contributed by atoms with Crippen LogP contribution < -0.4 is 5.32 Å². The Labute approximate surface area is 82.0 Å². The van der Waals surface area contributed by atoms with Gasteiger partial charge in [-0.05, 0) is 25.8 Å². The summed E-state index contributed by atoms with van der Waals surface area (Å²) in [5, 5.41) is 3.39. The Morgan fingerprint density at radius 1 is 1.31 bits per heavy atom. The summed E-state index contributed by atoms with van der Waals surface area (Å²) < 4.78 is 5.74. The lowest BCUT2D eigenvalue weighted by Gasteiger charge is -2.12. The van der Waals surface area contributed by atoms with Gasteiger partial charge in [0.15, 0.2) is 0 Å². The Bertz CT molecular complexity index is 119. The van der Waals surface area contributed by atoms with Crippen LogP contribution >= 0.6 is 0 Å². The smallest absolute Gasteiger partial charge is 0.0575 e. The minimum atomic E-state index is 0.582. The van der Waals surface area contributed by atoms with Crippen LogP contribution in [0.4, 0.5) is 0 Å². The molecule has 0 atom stereocenters. The topological polar surface area (TPSA) is 21.3 Å². The number of rotatable bonds is 6. The molecule has 1 rings (SSSR count). The van der Waals surface area contributed by atoms with Gasteiger partial charge in [0.25, 0.3) is 0 Å². The first kappa shape index (κ1) is 11.0. The maximum absolute atomic E-state index is 5.74. The SMILES string of the molecule is CC(C)NCCCOC1CCCC1. The van der Waals surface area contributed by atoms with E-state index in [1.807, 2.05) is 0 Å². The molecule has 1 N–H and O–H groups in total. The molecule has 2 nitrogen and oxygen atoms in total. The Morgan fingerprint density at radius 3 is 2.62 bits per heavy atom. The fourth-order valence-corrected chi connectivity index (χ4v) is 1.77. The molecule has 1 aliphatic carbocycles. The van der Waals surface area contributed by atoms with Crippen LogP contribution in [0.25, 0.3) is 0 Å². The van der Waals surface area contributed by atoms with Crippen LogP contribution in [-0.2, 0) is 4.74 Å². The van der Waals surface area contributed by atoms with Gasteiger partial charge in [0.1, 0.15) is 0 Å². The second-order valence-corrected chi connectivity index (χ2v) is 4.24. The molecule has 78 valence electrons. The molecule has 1 fully saturated rings. The average molecular weight is 185 g/mol. The Balaban J connectivity index is 1.83. The van der Waals surface area contributed by atoms with Crippen LogP contribution in [0.2, 0.25) is 0 Å². The molecule has 0 aliphatic heterocycles. The van der Waals surface area contributed by atoms with E-state index in [0.29, 0.717) is 12.1 Å². The van der Waals surface area contributed by atoms with E-state index in [0.717, 1.165) is 19.6 Å². The van der Waals surface area contributed by atoms with Gasteiger partial charge in [0, 0.05) is 12.6 Å². The van der Waals surface area contributed by atoms with E-state index in [2.05, 4.69) is 19.2 Å². The van der Waals surface area contributed by atoms with Crippen LogP contribution in [0, 0.1) is 0 Å². The molecule has 13 heavy (non-hydrogen) atoms. The molecule has 0 aromatic rings. The van der Waals surface area contributed by atoms with Crippen LogP contribution in [0.1, 0.15) is 46.0 Å². The summed E-state index contributed by atoms with van der Waals surface area (Å²) in [5.74, 6) is 0. The number of hydrogen-bond donors (Lipinski definition) is 1. The molecule has 0 radical (unpaired) electrons. The average Bonchev–Trinajstić information content (AvgIpc) is 2.55. The van der Waals surface area contributed by atoms with Crippen molar-refractivity contribution in [2.45, 2.75) is 58.1 Å². The Hall–Kier alpha value is -0.0800. The molecule has 0 bridgehead atoms. The second-order valence-electron chi connectivity index (χ2n) is 4.24. The van der Waals surface area contributed by atoms with Crippen molar-refractivity contribution in [2.24, 2.45) is 0 Å². The summed E-state index contributed by atoms with van der Waals surface area (Å²) in [6.07, 6.45) is 7.05. The molecule has 0 saturated heterocycles. The van der Waals surface area contributed by atoms with E-state index in [1.54, 1.807) is 0 Å². The van der Waals surface area contributed by atoms with E-state index in [4.69, 9.17) is 4.74 Å². The van der Waals surface area contributed by atoms with E-state index in [1.165, 1.54) is 25.7 Å². The molecule has 1 aliphatic rings. The molecule has 0 amide bonds. The van der Waals surface area contributed by atoms with Gasteiger partial charge in [0.05, 0.1) is 6.10 Å². The predicted molar refractivity (Wildman–Crippen MR) is 56.0 cm³/mol. The largest absolute Gasteiger partial charge is 0.378 e. The number of ether oxygens (including phenoxy) is 1. The van der Waals surface area contributed by atoms with E-state index < -0.39 is 0 Å². The highest BCUT2D eigenvalue weighted by Gasteiger charge is 2.14. The van der Waals surface area contributed by atoms with Crippen molar-refractivity contribution < 1.29 is 4.74 Å². The molecular weight excluding hydrogens is 162 g/mol. The zero-order valence-electron chi connectivity index (χ0n) is 9.01. The third-order valence-corrected chi connectivity index (χ3v) is 2.53. The third-order valence-electron chi connectivity index (χ3n) is 2.53. The summed E-state index contributed by atoms with van der Waals surface area (Å²) in [7, 11) is 0. The van der Waals surface area contributed by atoms with Gasteiger partial charge < -0.3 is 10.1 Å². The molecule has 1 saturated carbocycles. The van der Waals surface area contributed by atoms with Gasteiger partial charge in [-0.2, -0.15) is 0 Å². The number of hydrogen-bond acceptors (Lipinski definition) is 2. The zero-order chi connectivity index (χ0) is 9.52. The maximum Gasteiger partial charge on any atom is 0.0575 e. The van der Waals surface area contributed by atoms with Gasteiger partial charge in [-0.3, -0.25) is 0 Å².